The molecule has 0 amide bonds. The first-order valence-corrected chi connectivity index (χ1v) is 8.23. The summed E-state index contributed by atoms with van der Waals surface area (Å²) in [5.41, 5.74) is 2.77. The third kappa shape index (κ3) is 3.11. The SMILES string of the molecule is CCNC(c1c(C)oc(C)c1C)C1CC(C)CC(C)C1. The molecule has 3 atom stereocenters. The summed E-state index contributed by atoms with van der Waals surface area (Å²) in [6.07, 6.45) is 4.06. The molecule has 0 aromatic carbocycles. The van der Waals surface area contributed by atoms with Crippen molar-refractivity contribution in [3.8, 4) is 0 Å². The molecule has 0 aliphatic heterocycles. The molecule has 1 fully saturated rings. The minimum Gasteiger partial charge on any atom is -0.466 e. The van der Waals surface area contributed by atoms with Crippen LogP contribution in [0.25, 0.3) is 0 Å². The molecule has 3 unspecified atom stereocenters. The summed E-state index contributed by atoms with van der Waals surface area (Å²) in [4.78, 5) is 0. The van der Waals surface area contributed by atoms with Crippen LogP contribution < -0.4 is 5.32 Å². The molecule has 2 heteroatoms. The van der Waals surface area contributed by atoms with Crippen molar-refractivity contribution in [1.82, 2.24) is 5.32 Å². The van der Waals surface area contributed by atoms with E-state index in [2.05, 4.69) is 46.9 Å². The molecule has 1 saturated carbocycles. The van der Waals surface area contributed by atoms with E-state index in [4.69, 9.17) is 4.42 Å². The van der Waals surface area contributed by atoms with Crippen LogP contribution in [-0.2, 0) is 0 Å². The van der Waals surface area contributed by atoms with Crippen LogP contribution in [0, 0.1) is 38.5 Å². The van der Waals surface area contributed by atoms with Gasteiger partial charge in [-0.25, -0.2) is 0 Å². The summed E-state index contributed by atoms with van der Waals surface area (Å²) in [6.45, 7) is 14.5. The van der Waals surface area contributed by atoms with E-state index in [1.807, 2.05) is 0 Å². The summed E-state index contributed by atoms with van der Waals surface area (Å²) in [7, 11) is 0. The zero-order chi connectivity index (χ0) is 14.9. The van der Waals surface area contributed by atoms with E-state index in [1.165, 1.54) is 30.4 Å². The van der Waals surface area contributed by atoms with Crippen LogP contribution in [0.3, 0.4) is 0 Å². The molecule has 1 heterocycles. The Labute approximate surface area is 124 Å². The van der Waals surface area contributed by atoms with E-state index in [0.29, 0.717) is 6.04 Å². The molecule has 0 radical (unpaired) electrons. The Morgan fingerprint density at radius 2 is 1.65 bits per heavy atom. The number of aryl methyl sites for hydroxylation is 2. The summed E-state index contributed by atoms with van der Waals surface area (Å²) in [5.74, 6) is 4.62. The van der Waals surface area contributed by atoms with Crippen LogP contribution in [0.4, 0.5) is 0 Å². The predicted octanol–water partition coefficient (Wildman–Crippen LogP) is 4.93. The lowest BCUT2D eigenvalue weighted by atomic mass is 9.72. The van der Waals surface area contributed by atoms with Crippen LogP contribution in [0.15, 0.2) is 4.42 Å². The van der Waals surface area contributed by atoms with Gasteiger partial charge in [-0.05, 0) is 69.9 Å². The van der Waals surface area contributed by atoms with Gasteiger partial charge < -0.3 is 9.73 Å². The van der Waals surface area contributed by atoms with E-state index < -0.39 is 0 Å². The largest absolute Gasteiger partial charge is 0.466 e. The molecule has 20 heavy (non-hydrogen) atoms. The molecule has 0 spiro atoms. The molecular weight excluding hydrogens is 246 g/mol. The van der Waals surface area contributed by atoms with Crippen molar-refractivity contribution in [2.45, 2.75) is 66.8 Å². The molecule has 2 nitrogen and oxygen atoms in total. The van der Waals surface area contributed by atoms with Crippen molar-refractivity contribution >= 4 is 0 Å². The lowest BCUT2D eigenvalue weighted by Crippen LogP contribution is -2.33. The third-order valence-corrected chi connectivity index (χ3v) is 5.04. The predicted molar refractivity (Wildman–Crippen MR) is 85.0 cm³/mol. The van der Waals surface area contributed by atoms with Gasteiger partial charge in [-0.3, -0.25) is 0 Å². The maximum absolute atomic E-state index is 5.88. The second-order valence-electron chi connectivity index (χ2n) is 6.97. The molecule has 1 aromatic rings. The van der Waals surface area contributed by atoms with Crippen molar-refractivity contribution in [3.63, 3.8) is 0 Å². The molecule has 0 saturated heterocycles. The Morgan fingerprint density at radius 1 is 1.05 bits per heavy atom. The van der Waals surface area contributed by atoms with Gasteiger partial charge in [-0.1, -0.05) is 20.8 Å². The number of furan rings is 1. The standard InChI is InChI=1S/C18H31NO/c1-7-19-18(16-9-11(2)8-12(3)10-16)17-13(4)14(5)20-15(17)6/h11-12,16,18-19H,7-10H2,1-6H3. The average molecular weight is 277 g/mol. The van der Waals surface area contributed by atoms with Gasteiger partial charge in [0.2, 0.25) is 0 Å². The fourth-order valence-electron chi connectivity index (χ4n) is 4.27. The van der Waals surface area contributed by atoms with Crippen LogP contribution in [-0.4, -0.2) is 6.54 Å². The third-order valence-electron chi connectivity index (χ3n) is 5.04. The van der Waals surface area contributed by atoms with E-state index in [-0.39, 0.29) is 0 Å². The number of hydrogen-bond acceptors (Lipinski definition) is 2. The number of nitrogens with one attached hydrogen (secondary N) is 1. The second-order valence-corrected chi connectivity index (χ2v) is 6.97. The first-order valence-electron chi connectivity index (χ1n) is 8.23. The minimum atomic E-state index is 0.461. The van der Waals surface area contributed by atoms with E-state index in [0.717, 1.165) is 35.8 Å². The summed E-state index contributed by atoms with van der Waals surface area (Å²) >= 11 is 0. The Kier molecular flexibility index (Phi) is 4.95. The smallest absolute Gasteiger partial charge is 0.106 e. The first-order chi connectivity index (χ1) is 9.43. The van der Waals surface area contributed by atoms with E-state index >= 15 is 0 Å². The highest BCUT2D eigenvalue weighted by molar-refractivity contribution is 5.34. The lowest BCUT2D eigenvalue weighted by Gasteiger charge is -2.37. The highest BCUT2D eigenvalue weighted by Crippen LogP contribution is 2.42. The van der Waals surface area contributed by atoms with Gasteiger partial charge in [0, 0.05) is 11.6 Å². The first kappa shape index (κ1) is 15.6. The normalized spacial score (nSPS) is 28.6. The van der Waals surface area contributed by atoms with Crippen molar-refractivity contribution < 1.29 is 4.42 Å². The van der Waals surface area contributed by atoms with Gasteiger partial charge in [-0.15, -0.1) is 0 Å². The molecule has 1 aliphatic rings. The van der Waals surface area contributed by atoms with Gasteiger partial charge in [-0.2, -0.15) is 0 Å². The highest BCUT2D eigenvalue weighted by atomic mass is 16.3. The molecule has 114 valence electrons. The summed E-state index contributed by atoms with van der Waals surface area (Å²) in [5, 5.41) is 3.74. The van der Waals surface area contributed by atoms with Crippen LogP contribution >= 0.6 is 0 Å². The van der Waals surface area contributed by atoms with Gasteiger partial charge in [0.1, 0.15) is 11.5 Å². The maximum atomic E-state index is 5.88. The molecule has 1 aliphatic carbocycles. The minimum absolute atomic E-state index is 0.461. The van der Waals surface area contributed by atoms with Crippen molar-refractivity contribution in [2.24, 2.45) is 17.8 Å². The van der Waals surface area contributed by atoms with E-state index in [1.54, 1.807) is 0 Å². The van der Waals surface area contributed by atoms with Crippen molar-refractivity contribution in [2.75, 3.05) is 6.54 Å². The zero-order valence-corrected chi connectivity index (χ0v) is 14.0. The number of rotatable bonds is 4. The quantitative estimate of drug-likeness (QED) is 0.844. The molecule has 1 N–H and O–H groups in total. The highest BCUT2D eigenvalue weighted by Gasteiger charge is 2.33. The van der Waals surface area contributed by atoms with Crippen LogP contribution in [0.2, 0.25) is 0 Å². The Balaban J connectivity index is 2.30. The van der Waals surface area contributed by atoms with Crippen LogP contribution in [0.1, 0.15) is 68.7 Å². The fraction of sp³-hybridized carbons (Fsp3) is 0.778. The topological polar surface area (TPSA) is 25.2 Å². The van der Waals surface area contributed by atoms with E-state index in [9.17, 15) is 0 Å². The Hall–Kier alpha value is -0.760. The van der Waals surface area contributed by atoms with Crippen molar-refractivity contribution in [1.29, 1.82) is 0 Å². The summed E-state index contributed by atoms with van der Waals surface area (Å²) in [6, 6.07) is 0.461. The second kappa shape index (κ2) is 6.34. The van der Waals surface area contributed by atoms with Gasteiger partial charge >= 0.3 is 0 Å². The average Bonchev–Trinajstić information content (AvgIpc) is 2.60. The lowest BCUT2D eigenvalue weighted by molar-refractivity contribution is 0.176. The monoisotopic (exact) mass is 277 g/mol. The van der Waals surface area contributed by atoms with Gasteiger partial charge in [0.15, 0.2) is 0 Å². The zero-order valence-electron chi connectivity index (χ0n) is 14.0. The van der Waals surface area contributed by atoms with Gasteiger partial charge in [0.25, 0.3) is 0 Å². The summed E-state index contributed by atoms with van der Waals surface area (Å²) < 4.78 is 5.88. The molecular formula is C18H31NO. The van der Waals surface area contributed by atoms with Gasteiger partial charge in [0.05, 0.1) is 0 Å². The molecule has 1 aromatic heterocycles. The fourth-order valence-corrected chi connectivity index (χ4v) is 4.27. The molecule has 2 rings (SSSR count). The Morgan fingerprint density at radius 3 is 2.10 bits per heavy atom. The Bertz CT molecular complexity index is 439. The molecule has 0 bridgehead atoms. The van der Waals surface area contributed by atoms with Crippen molar-refractivity contribution in [3.05, 3.63) is 22.6 Å². The van der Waals surface area contributed by atoms with Crippen LogP contribution in [0.5, 0.6) is 0 Å². The maximum Gasteiger partial charge on any atom is 0.106 e. The number of hydrogen-bond donors (Lipinski definition) is 1.